The van der Waals surface area contributed by atoms with Crippen LogP contribution in [0.4, 0.5) is 0 Å². The fraction of sp³-hybridized carbons (Fsp3) is 0.417. The van der Waals surface area contributed by atoms with E-state index < -0.39 is 37.3 Å². The summed E-state index contributed by atoms with van der Waals surface area (Å²) in [5.41, 5.74) is 1.94. The molecule has 4 N–H and O–H groups in total. The zero-order valence-electron chi connectivity index (χ0n) is 19.4. The van der Waals surface area contributed by atoms with Gasteiger partial charge in [-0.05, 0) is 41.0 Å². The van der Waals surface area contributed by atoms with Gasteiger partial charge in [0.2, 0.25) is 12.0 Å². The Bertz CT molecular complexity index is 980. The summed E-state index contributed by atoms with van der Waals surface area (Å²) in [6.07, 6.45) is -7.10. The molecular weight excluding hydrogens is 448 g/mol. The summed E-state index contributed by atoms with van der Waals surface area (Å²) < 4.78 is 32.8. The summed E-state index contributed by atoms with van der Waals surface area (Å²) in [4.78, 5) is 0. The highest BCUT2D eigenvalue weighted by Crippen LogP contribution is 2.42. The van der Waals surface area contributed by atoms with Crippen molar-refractivity contribution in [2.45, 2.75) is 30.7 Å². The average molecular weight is 478 g/mol. The SMILES string of the molecule is C=C(c1ccc(OC)c(OC2OC(CO)C(O)C(O)C2O)c1)c1cc(OC)c(OC)c(OC)c1. The van der Waals surface area contributed by atoms with E-state index in [1.165, 1.54) is 28.4 Å². The van der Waals surface area contributed by atoms with Crippen LogP contribution in [0.3, 0.4) is 0 Å². The topological polar surface area (TPSA) is 136 Å². The summed E-state index contributed by atoms with van der Waals surface area (Å²) in [5, 5.41) is 39.8. The second-order valence-electron chi connectivity index (χ2n) is 7.57. The lowest BCUT2D eigenvalue weighted by Gasteiger charge is -2.39. The molecule has 0 spiro atoms. The minimum absolute atomic E-state index is 0.193. The molecule has 3 rings (SSSR count). The molecule has 2 aromatic rings. The summed E-state index contributed by atoms with van der Waals surface area (Å²) in [6.45, 7) is 3.60. The van der Waals surface area contributed by atoms with Crippen LogP contribution in [0.5, 0.6) is 28.7 Å². The van der Waals surface area contributed by atoms with E-state index in [0.29, 0.717) is 39.7 Å². The Kier molecular flexibility index (Phi) is 8.24. The summed E-state index contributed by atoms with van der Waals surface area (Å²) in [6, 6.07) is 8.56. The van der Waals surface area contributed by atoms with Crippen LogP contribution in [0.2, 0.25) is 0 Å². The summed E-state index contributed by atoms with van der Waals surface area (Å²) >= 11 is 0. The molecule has 1 fully saturated rings. The molecular formula is C24H30O10. The maximum absolute atomic E-state index is 10.3. The van der Waals surface area contributed by atoms with E-state index in [1.807, 2.05) is 0 Å². The third-order valence-electron chi connectivity index (χ3n) is 5.62. The molecule has 5 atom stereocenters. The van der Waals surface area contributed by atoms with Crippen LogP contribution in [0, 0.1) is 0 Å². The van der Waals surface area contributed by atoms with Crippen molar-refractivity contribution < 1.29 is 48.8 Å². The number of rotatable bonds is 9. The highest BCUT2D eigenvalue weighted by atomic mass is 16.7. The smallest absolute Gasteiger partial charge is 0.229 e. The Morgan fingerprint density at radius 2 is 1.38 bits per heavy atom. The first-order valence-corrected chi connectivity index (χ1v) is 10.4. The van der Waals surface area contributed by atoms with Gasteiger partial charge in [0, 0.05) is 0 Å². The lowest BCUT2D eigenvalue weighted by Crippen LogP contribution is -2.60. The van der Waals surface area contributed by atoms with Crippen LogP contribution < -0.4 is 23.7 Å². The lowest BCUT2D eigenvalue weighted by atomic mass is 9.98. The second-order valence-corrected chi connectivity index (χ2v) is 7.57. The first-order valence-electron chi connectivity index (χ1n) is 10.4. The molecule has 0 radical (unpaired) electrons. The van der Waals surface area contributed by atoms with Gasteiger partial charge in [0.25, 0.3) is 0 Å². The van der Waals surface area contributed by atoms with Gasteiger partial charge in [-0.25, -0.2) is 0 Å². The first-order chi connectivity index (χ1) is 16.3. The van der Waals surface area contributed by atoms with Crippen molar-refractivity contribution in [3.05, 3.63) is 48.0 Å². The van der Waals surface area contributed by atoms with Crippen LogP contribution in [0.25, 0.3) is 5.57 Å². The van der Waals surface area contributed by atoms with Crippen molar-refractivity contribution in [2.24, 2.45) is 0 Å². The van der Waals surface area contributed by atoms with Crippen molar-refractivity contribution >= 4 is 5.57 Å². The molecule has 2 aromatic carbocycles. The molecule has 5 unspecified atom stereocenters. The third-order valence-corrected chi connectivity index (χ3v) is 5.62. The van der Waals surface area contributed by atoms with Gasteiger partial charge in [0.1, 0.15) is 24.4 Å². The second kappa shape index (κ2) is 10.9. The largest absolute Gasteiger partial charge is 0.493 e. The Hall–Kier alpha value is -3.02. The zero-order valence-corrected chi connectivity index (χ0v) is 19.4. The Labute approximate surface area is 197 Å². The van der Waals surface area contributed by atoms with E-state index >= 15 is 0 Å². The predicted molar refractivity (Wildman–Crippen MR) is 122 cm³/mol. The lowest BCUT2D eigenvalue weighted by molar-refractivity contribution is -0.277. The fourth-order valence-electron chi connectivity index (χ4n) is 3.67. The van der Waals surface area contributed by atoms with Gasteiger partial charge in [0.05, 0.1) is 35.0 Å². The number of benzene rings is 2. The molecule has 1 saturated heterocycles. The monoisotopic (exact) mass is 478 g/mol. The maximum atomic E-state index is 10.3. The average Bonchev–Trinajstić information content (AvgIpc) is 2.87. The van der Waals surface area contributed by atoms with Crippen LogP contribution in [0.1, 0.15) is 11.1 Å². The fourth-order valence-corrected chi connectivity index (χ4v) is 3.67. The van der Waals surface area contributed by atoms with Gasteiger partial charge in [0.15, 0.2) is 23.0 Å². The maximum Gasteiger partial charge on any atom is 0.229 e. The van der Waals surface area contributed by atoms with Crippen molar-refractivity contribution in [3.8, 4) is 28.7 Å². The molecule has 10 nitrogen and oxygen atoms in total. The molecule has 0 bridgehead atoms. The molecule has 0 saturated carbocycles. The van der Waals surface area contributed by atoms with Gasteiger partial charge in [-0.1, -0.05) is 12.6 Å². The van der Waals surface area contributed by atoms with Gasteiger partial charge < -0.3 is 48.8 Å². The number of aliphatic hydroxyl groups is 4. The van der Waals surface area contributed by atoms with E-state index in [2.05, 4.69) is 6.58 Å². The standard InChI is InChI=1S/C24H30O10/c1-12(14-9-17(30-3)23(32-5)18(10-14)31-4)13-6-7-15(29-2)16(8-13)33-24-22(28)21(27)20(26)19(11-25)34-24/h6-10,19-22,24-28H,1,11H2,2-5H3. The Morgan fingerprint density at radius 1 is 0.794 bits per heavy atom. The van der Waals surface area contributed by atoms with Crippen molar-refractivity contribution in [2.75, 3.05) is 35.0 Å². The molecule has 0 amide bonds. The Balaban J connectivity index is 1.95. The minimum Gasteiger partial charge on any atom is -0.493 e. The number of hydrogen-bond acceptors (Lipinski definition) is 10. The number of aliphatic hydroxyl groups excluding tert-OH is 4. The number of hydrogen-bond donors (Lipinski definition) is 4. The van der Waals surface area contributed by atoms with E-state index in [0.717, 1.165) is 0 Å². The van der Waals surface area contributed by atoms with Crippen LogP contribution >= 0.6 is 0 Å². The highest BCUT2D eigenvalue weighted by molar-refractivity contribution is 5.81. The van der Waals surface area contributed by atoms with E-state index in [-0.39, 0.29) is 5.75 Å². The number of methoxy groups -OCH3 is 4. The van der Waals surface area contributed by atoms with E-state index in [9.17, 15) is 20.4 Å². The molecule has 0 aromatic heterocycles. The van der Waals surface area contributed by atoms with Gasteiger partial charge >= 0.3 is 0 Å². The summed E-state index contributed by atoms with van der Waals surface area (Å²) in [5.74, 6) is 1.90. The molecule has 1 aliphatic rings. The van der Waals surface area contributed by atoms with Gasteiger partial charge in [-0.2, -0.15) is 0 Å². The van der Waals surface area contributed by atoms with Crippen LogP contribution in [0.15, 0.2) is 36.9 Å². The molecule has 34 heavy (non-hydrogen) atoms. The predicted octanol–water partition coefficient (Wildman–Crippen LogP) is 0.961. The normalized spacial score (nSPS) is 24.3. The zero-order chi connectivity index (χ0) is 25.0. The Morgan fingerprint density at radius 3 is 1.91 bits per heavy atom. The van der Waals surface area contributed by atoms with Crippen molar-refractivity contribution in [3.63, 3.8) is 0 Å². The quantitative estimate of drug-likeness (QED) is 0.413. The minimum atomic E-state index is -1.57. The molecule has 186 valence electrons. The number of ether oxygens (including phenoxy) is 6. The van der Waals surface area contributed by atoms with Crippen molar-refractivity contribution in [1.29, 1.82) is 0 Å². The van der Waals surface area contributed by atoms with Crippen LogP contribution in [-0.4, -0.2) is 86.2 Å². The summed E-state index contributed by atoms with van der Waals surface area (Å²) in [7, 11) is 6.00. The van der Waals surface area contributed by atoms with Crippen LogP contribution in [-0.2, 0) is 4.74 Å². The molecule has 1 heterocycles. The van der Waals surface area contributed by atoms with Crippen molar-refractivity contribution in [1.82, 2.24) is 0 Å². The third kappa shape index (κ3) is 4.91. The van der Waals surface area contributed by atoms with Gasteiger partial charge in [-0.15, -0.1) is 0 Å². The molecule has 0 aliphatic carbocycles. The van der Waals surface area contributed by atoms with Gasteiger partial charge in [-0.3, -0.25) is 0 Å². The molecule has 10 heteroatoms. The first kappa shape index (κ1) is 25.6. The van der Waals surface area contributed by atoms with E-state index in [4.69, 9.17) is 28.4 Å². The molecule has 1 aliphatic heterocycles. The van der Waals surface area contributed by atoms with E-state index in [1.54, 1.807) is 30.3 Å². The highest BCUT2D eigenvalue weighted by Gasteiger charge is 2.45.